The molecule has 176 valence electrons. The van der Waals surface area contributed by atoms with Crippen LogP contribution in [0.2, 0.25) is 0 Å². The topological polar surface area (TPSA) is 53.5 Å². The number of thiol groups is 2. The van der Waals surface area contributed by atoms with Crippen LogP contribution in [0.5, 0.6) is 0 Å². The highest BCUT2D eigenvalue weighted by atomic mass is 32.1. The number of nitrogens with one attached hydrogen (secondary N) is 2. The second-order valence-corrected chi connectivity index (χ2v) is 12.4. The summed E-state index contributed by atoms with van der Waals surface area (Å²) in [7, 11) is 0. The monoisotopic (exact) mass is 458 g/mol. The number of ether oxygens (including phenoxy) is 1. The Hall–Kier alpha value is 0.540. The predicted octanol–water partition coefficient (Wildman–Crippen LogP) is 4.51. The van der Waals surface area contributed by atoms with Crippen LogP contribution in [0.15, 0.2) is 0 Å². The molecule has 3 aliphatic rings. The summed E-state index contributed by atoms with van der Waals surface area (Å²) in [6.07, 6.45) is 18.6. The molecule has 0 spiro atoms. The third kappa shape index (κ3) is 7.84. The maximum atomic E-state index is 9.01. The van der Waals surface area contributed by atoms with Crippen molar-refractivity contribution in [2.24, 2.45) is 0 Å². The van der Waals surface area contributed by atoms with Crippen LogP contribution < -0.4 is 10.6 Å². The maximum absolute atomic E-state index is 9.01. The molecule has 0 unspecified atom stereocenters. The Kier molecular flexibility index (Phi) is 10.2. The van der Waals surface area contributed by atoms with E-state index in [0.717, 1.165) is 51.7 Å². The minimum absolute atomic E-state index is 0.142. The SMILES string of the molecule is OCCCOC1CCC(CNCC2(S)CCCCC2)(NCC2(S)CCCCC2)CC1. The first-order valence-corrected chi connectivity index (χ1v) is 13.5. The van der Waals surface area contributed by atoms with E-state index in [4.69, 9.17) is 35.1 Å². The first kappa shape index (κ1) is 25.2. The van der Waals surface area contributed by atoms with Crippen LogP contribution >= 0.6 is 25.3 Å². The van der Waals surface area contributed by atoms with Gasteiger partial charge in [-0.05, 0) is 57.8 Å². The molecule has 30 heavy (non-hydrogen) atoms. The summed E-state index contributed by atoms with van der Waals surface area (Å²) in [5.74, 6) is 0. The fourth-order valence-corrected chi connectivity index (χ4v) is 6.52. The molecule has 0 heterocycles. The van der Waals surface area contributed by atoms with Crippen LogP contribution in [0, 0.1) is 0 Å². The zero-order valence-electron chi connectivity index (χ0n) is 19.0. The Balaban J connectivity index is 1.53. The van der Waals surface area contributed by atoms with Gasteiger partial charge >= 0.3 is 0 Å². The Bertz CT molecular complexity index is 486. The van der Waals surface area contributed by atoms with Gasteiger partial charge in [0.1, 0.15) is 0 Å². The summed E-state index contributed by atoms with van der Waals surface area (Å²) < 4.78 is 6.35. The minimum Gasteiger partial charge on any atom is -0.396 e. The van der Waals surface area contributed by atoms with Crippen LogP contribution in [0.4, 0.5) is 0 Å². The van der Waals surface area contributed by atoms with Crippen molar-refractivity contribution in [3.63, 3.8) is 0 Å². The molecular weight excluding hydrogens is 412 g/mol. The van der Waals surface area contributed by atoms with Gasteiger partial charge in [-0.2, -0.15) is 25.3 Å². The fourth-order valence-electron chi connectivity index (χ4n) is 5.70. The van der Waals surface area contributed by atoms with Gasteiger partial charge in [-0.25, -0.2) is 0 Å². The lowest BCUT2D eigenvalue weighted by Gasteiger charge is -2.45. The quantitative estimate of drug-likeness (QED) is 0.234. The standard InChI is InChI=1S/C24H46N2O2S2/c27-16-7-17-28-21-8-14-22(15-9-21,26-20-24(30)12-5-2-6-13-24)18-25-19-23(29)10-3-1-4-11-23/h21,25-27,29-30H,1-20H2. The largest absolute Gasteiger partial charge is 0.396 e. The lowest BCUT2D eigenvalue weighted by molar-refractivity contribution is 0.00158. The Morgan fingerprint density at radius 2 is 1.33 bits per heavy atom. The van der Waals surface area contributed by atoms with Crippen LogP contribution in [0.25, 0.3) is 0 Å². The van der Waals surface area contributed by atoms with Gasteiger partial charge in [0.15, 0.2) is 0 Å². The molecule has 3 aliphatic carbocycles. The van der Waals surface area contributed by atoms with E-state index in [9.17, 15) is 0 Å². The molecule has 3 saturated carbocycles. The van der Waals surface area contributed by atoms with Crippen molar-refractivity contribution in [3.05, 3.63) is 0 Å². The zero-order chi connectivity index (χ0) is 21.3. The summed E-state index contributed by atoms with van der Waals surface area (Å²) in [6.45, 7) is 3.95. The van der Waals surface area contributed by atoms with E-state index in [1.54, 1.807) is 0 Å². The molecule has 0 aliphatic heterocycles. The van der Waals surface area contributed by atoms with Crippen molar-refractivity contribution in [1.29, 1.82) is 0 Å². The van der Waals surface area contributed by atoms with Gasteiger partial charge < -0.3 is 20.5 Å². The van der Waals surface area contributed by atoms with Crippen molar-refractivity contribution in [3.8, 4) is 0 Å². The first-order valence-electron chi connectivity index (χ1n) is 12.6. The molecule has 3 N–H and O–H groups in total. The Morgan fingerprint density at radius 3 is 1.90 bits per heavy atom. The van der Waals surface area contributed by atoms with E-state index in [-0.39, 0.29) is 21.6 Å². The maximum Gasteiger partial charge on any atom is 0.0576 e. The third-order valence-corrected chi connectivity index (χ3v) is 9.03. The van der Waals surface area contributed by atoms with Gasteiger partial charge in [0.2, 0.25) is 0 Å². The summed E-state index contributed by atoms with van der Waals surface area (Å²) in [5.41, 5.74) is 0.142. The van der Waals surface area contributed by atoms with Crippen LogP contribution in [0.1, 0.15) is 96.3 Å². The van der Waals surface area contributed by atoms with E-state index < -0.39 is 0 Å². The van der Waals surface area contributed by atoms with Crippen molar-refractivity contribution in [2.75, 3.05) is 32.8 Å². The third-order valence-electron chi connectivity index (χ3n) is 7.82. The number of aliphatic hydroxyl groups excluding tert-OH is 1. The van der Waals surface area contributed by atoms with Crippen LogP contribution in [-0.4, -0.2) is 59.1 Å². The lowest BCUT2D eigenvalue weighted by Crippen LogP contribution is -2.59. The average molecular weight is 459 g/mol. The lowest BCUT2D eigenvalue weighted by atomic mass is 9.78. The molecule has 0 bridgehead atoms. The van der Waals surface area contributed by atoms with Crippen molar-refractivity contribution in [2.45, 2.75) is 117 Å². The summed E-state index contributed by atoms with van der Waals surface area (Å²) >= 11 is 10.2. The second kappa shape index (κ2) is 12.1. The Labute approximate surface area is 195 Å². The highest BCUT2D eigenvalue weighted by molar-refractivity contribution is 7.82. The van der Waals surface area contributed by atoms with E-state index in [0.29, 0.717) is 12.7 Å². The zero-order valence-corrected chi connectivity index (χ0v) is 20.8. The molecule has 0 aromatic heterocycles. The molecular formula is C24H46N2O2S2. The molecule has 0 aromatic carbocycles. The van der Waals surface area contributed by atoms with Crippen LogP contribution in [0.3, 0.4) is 0 Å². The molecule has 3 rings (SSSR count). The van der Waals surface area contributed by atoms with Gasteiger partial charge in [-0.3, -0.25) is 0 Å². The first-order chi connectivity index (χ1) is 14.5. The molecule has 0 radical (unpaired) electrons. The van der Waals surface area contributed by atoms with Gasteiger partial charge in [-0.1, -0.05) is 38.5 Å². The van der Waals surface area contributed by atoms with Crippen molar-refractivity contribution in [1.82, 2.24) is 10.6 Å². The summed E-state index contributed by atoms with van der Waals surface area (Å²) in [5, 5.41) is 16.9. The molecule has 6 heteroatoms. The van der Waals surface area contributed by atoms with Crippen molar-refractivity contribution < 1.29 is 9.84 Å². The number of rotatable bonds is 11. The van der Waals surface area contributed by atoms with Crippen LogP contribution in [-0.2, 0) is 4.74 Å². The molecule has 0 aromatic rings. The van der Waals surface area contributed by atoms with E-state index >= 15 is 0 Å². The normalized spacial score (nSPS) is 31.5. The second-order valence-electron chi connectivity index (χ2n) is 10.5. The van der Waals surface area contributed by atoms with Crippen molar-refractivity contribution >= 4 is 25.3 Å². The smallest absolute Gasteiger partial charge is 0.0576 e. The Morgan fingerprint density at radius 1 is 0.767 bits per heavy atom. The number of aliphatic hydroxyl groups is 1. The molecule has 3 fully saturated rings. The molecule has 0 atom stereocenters. The molecule has 4 nitrogen and oxygen atoms in total. The van der Waals surface area contributed by atoms with Gasteiger partial charge in [0, 0.05) is 47.9 Å². The van der Waals surface area contributed by atoms with E-state index in [1.165, 1.54) is 64.2 Å². The summed E-state index contributed by atoms with van der Waals surface area (Å²) in [6, 6.07) is 0. The number of hydrogen-bond acceptors (Lipinski definition) is 6. The minimum atomic E-state index is 0.142. The van der Waals surface area contributed by atoms with E-state index in [2.05, 4.69) is 10.6 Å². The van der Waals surface area contributed by atoms with Gasteiger partial charge in [0.05, 0.1) is 6.10 Å². The number of hydrogen-bond donors (Lipinski definition) is 5. The summed E-state index contributed by atoms with van der Waals surface area (Å²) in [4.78, 5) is 0. The fraction of sp³-hybridized carbons (Fsp3) is 1.00. The van der Waals surface area contributed by atoms with Gasteiger partial charge in [0.25, 0.3) is 0 Å². The predicted molar refractivity (Wildman–Crippen MR) is 133 cm³/mol. The highest BCUT2D eigenvalue weighted by Gasteiger charge is 2.38. The molecule has 0 amide bonds. The molecule has 0 saturated heterocycles. The van der Waals surface area contributed by atoms with E-state index in [1.807, 2.05) is 0 Å². The highest BCUT2D eigenvalue weighted by Crippen LogP contribution is 2.36. The average Bonchev–Trinajstić information content (AvgIpc) is 2.75. The van der Waals surface area contributed by atoms with Gasteiger partial charge in [-0.15, -0.1) is 0 Å².